The summed E-state index contributed by atoms with van der Waals surface area (Å²) in [7, 11) is 0. The molecule has 1 atom stereocenters. The van der Waals surface area contributed by atoms with Crippen LogP contribution < -0.4 is 18.9 Å². The molecular weight excluding hydrogens is 833 g/mol. The summed E-state index contributed by atoms with van der Waals surface area (Å²) < 4.78 is 25.1. The van der Waals surface area contributed by atoms with E-state index in [4.69, 9.17) is 25.4 Å². The summed E-state index contributed by atoms with van der Waals surface area (Å²) in [6, 6.07) is 53.1. The van der Waals surface area contributed by atoms with E-state index in [1.807, 2.05) is 36.4 Å². The van der Waals surface area contributed by atoms with Crippen molar-refractivity contribution >= 4 is 32.3 Å². The lowest BCUT2D eigenvalue weighted by atomic mass is 9.85. The van der Waals surface area contributed by atoms with Gasteiger partial charge in [0.2, 0.25) is 0 Å². The Kier molecular flexibility index (Phi) is 16.0. The van der Waals surface area contributed by atoms with Crippen molar-refractivity contribution in [2.45, 2.75) is 84.8 Å². The quantitative estimate of drug-likeness (QED) is 0.0460. The van der Waals surface area contributed by atoms with Crippen molar-refractivity contribution in [2.75, 3.05) is 6.61 Å². The number of hydrogen-bond acceptors (Lipinski definition) is 4. The second kappa shape index (κ2) is 23.4. The third-order valence-corrected chi connectivity index (χ3v) is 12.4. The summed E-state index contributed by atoms with van der Waals surface area (Å²) in [5.41, 5.74) is 7.92. The van der Waals surface area contributed by atoms with E-state index in [0.29, 0.717) is 31.5 Å². The molecule has 8 aromatic carbocycles. The number of ether oxygens (including phenoxy) is 4. The van der Waals surface area contributed by atoms with Crippen molar-refractivity contribution in [3.8, 4) is 93.3 Å². The first-order valence-corrected chi connectivity index (χ1v) is 23.8. The Morgan fingerprint density at radius 3 is 1.79 bits per heavy atom. The molecule has 0 radical (unpaired) electrons. The topological polar surface area (TPSA) is 36.9 Å². The molecule has 0 spiro atoms. The molecule has 0 N–H and O–H groups in total. The SMILES string of the molecule is C#CC#CC#CC#COc1ccc2c(-c3ccc4cc(OCc5ccc(C(C)CC)cc5)ccc4c3)c3cc(OCCCCCCCC)ccc3c(-c3ccc(OCc4ccccc4)cc3)c2c1. The van der Waals surface area contributed by atoms with Crippen LogP contribution in [0.2, 0.25) is 0 Å². The monoisotopic (exact) mass is 888 g/mol. The molecule has 0 heterocycles. The fourth-order valence-electron chi connectivity index (χ4n) is 8.55. The van der Waals surface area contributed by atoms with Gasteiger partial charge < -0.3 is 18.9 Å². The van der Waals surface area contributed by atoms with Gasteiger partial charge >= 0.3 is 0 Å². The molecule has 8 aromatic rings. The highest BCUT2D eigenvalue weighted by molar-refractivity contribution is 6.22. The van der Waals surface area contributed by atoms with Crippen molar-refractivity contribution in [2.24, 2.45) is 0 Å². The number of hydrogen-bond donors (Lipinski definition) is 0. The smallest absolute Gasteiger partial charge is 0.140 e. The van der Waals surface area contributed by atoms with Gasteiger partial charge in [-0.2, -0.15) is 0 Å². The Hall–Kier alpha value is -8.02. The fourth-order valence-corrected chi connectivity index (χ4v) is 8.55. The zero-order valence-electron chi connectivity index (χ0n) is 39.3. The molecule has 68 heavy (non-hydrogen) atoms. The minimum atomic E-state index is 0.484. The van der Waals surface area contributed by atoms with Crippen LogP contribution in [-0.4, -0.2) is 6.61 Å². The number of fused-ring (bicyclic) bond motifs is 3. The molecule has 0 saturated carbocycles. The first-order chi connectivity index (χ1) is 33.5. The van der Waals surface area contributed by atoms with Crippen LogP contribution in [0.5, 0.6) is 23.0 Å². The van der Waals surface area contributed by atoms with E-state index < -0.39 is 0 Å². The average Bonchev–Trinajstić information content (AvgIpc) is 3.38. The molecule has 8 rings (SSSR count). The Morgan fingerprint density at radius 2 is 1.04 bits per heavy atom. The second-order valence-electron chi connectivity index (χ2n) is 17.1. The highest BCUT2D eigenvalue weighted by Crippen LogP contribution is 2.46. The normalized spacial score (nSPS) is 11.0. The van der Waals surface area contributed by atoms with Gasteiger partial charge in [0.1, 0.15) is 42.3 Å². The summed E-state index contributed by atoms with van der Waals surface area (Å²) in [6.07, 6.45) is 16.3. The second-order valence-corrected chi connectivity index (χ2v) is 17.1. The van der Waals surface area contributed by atoms with E-state index in [1.165, 1.54) is 31.2 Å². The predicted molar refractivity (Wildman–Crippen MR) is 282 cm³/mol. The summed E-state index contributed by atoms with van der Waals surface area (Å²) in [5, 5.41) is 6.46. The first-order valence-electron chi connectivity index (χ1n) is 23.8. The largest absolute Gasteiger partial charge is 0.494 e. The van der Waals surface area contributed by atoms with Gasteiger partial charge in [-0.1, -0.05) is 144 Å². The van der Waals surface area contributed by atoms with E-state index in [-0.39, 0.29) is 0 Å². The maximum absolute atomic E-state index is 6.52. The Balaban J connectivity index is 1.20. The van der Waals surface area contributed by atoms with Crippen LogP contribution in [0.1, 0.15) is 88.3 Å². The van der Waals surface area contributed by atoms with Gasteiger partial charge in [0, 0.05) is 17.8 Å². The van der Waals surface area contributed by atoms with E-state index in [9.17, 15) is 0 Å². The maximum atomic E-state index is 6.52. The van der Waals surface area contributed by atoms with Gasteiger partial charge in [0.05, 0.1) is 6.61 Å². The van der Waals surface area contributed by atoms with Gasteiger partial charge in [-0.3, -0.25) is 0 Å². The van der Waals surface area contributed by atoms with E-state index >= 15 is 0 Å². The Morgan fingerprint density at radius 1 is 0.471 bits per heavy atom. The van der Waals surface area contributed by atoms with Crippen LogP contribution in [-0.2, 0) is 13.2 Å². The molecule has 1 unspecified atom stereocenters. The summed E-state index contributed by atoms with van der Waals surface area (Å²) >= 11 is 0. The Bertz CT molecular complexity index is 3230. The lowest BCUT2D eigenvalue weighted by Gasteiger charge is -2.20. The minimum absolute atomic E-state index is 0.484. The lowest BCUT2D eigenvalue weighted by Crippen LogP contribution is -1.98. The summed E-state index contributed by atoms with van der Waals surface area (Å²) in [4.78, 5) is 0. The number of terminal acetylenes is 1. The molecule has 0 aromatic heterocycles. The van der Waals surface area contributed by atoms with Gasteiger partial charge in [-0.25, -0.2) is 0 Å². The lowest BCUT2D eigenvalue weighted by molar-refractivity contribution is 0.305. The summed E-state index contributed by atoms with van der Waals surface area (Å²) in [5.74, 6) is 19.0. The van der Waals surface area contributed by atoms with Crippen LogP contribution in [0.15, 0.2) is 152 Å². The van der Waals surface area contributed by atoms with Crippen LogP contribution in [0.4, 0.5) is 0 Å². The van der Waals surface area contributed by atoms with Crippen LogP contribution in [0.3, 0.4) is 0 Å². The first kappa shape index (κ1) is 46.5. The standard InChI is InChI=1S/C64H56O4/c1-5-8-10-12-14-19-39-65-57-36-38-60-61(43-57)63(51-29-32-55(33-30-51)67-45-48-21-17-16-18-22-48)59-37-35-58(66-40-20-15-13-11-9-6-2)44-62(59)64(60)54-28-27-53-42-56(34-31-52(53)41-54)68-46-49-23-25-50(26-24-49)47(4)7-3/h1,16-18,21-38,41-44,47H,6-7,9,11,13,15,20,40,45-46H2,2-4H3. The van der Waals surface area contributed by atoms with Gasteiger partial charge in [0.25, 0.3) is 0 Å². The third kappa shape index (κ3) is 11.9. The van der Waals surface area contributed by atoms with Crippen LogP contribution in [0.25, 0.3) is 54.6 Å². The zero-order chi connectivity index (χ0) is 46.9. The van der Waals surface area contributed by atoms with Crippen molar-refractivity contribution in [3.63, 3.8) is 0 Å². The molecular formula is C64H56O4. The molecule has 0 bridgehead atoms. The van der Waals surface area contributed by atoms with Gasteiger partial charge in [-0.15, -0.1) is 6.42 Å². The van der Waals surface area contributed by atoms with Gasteiger partial charge in [-0.05, 0) is 168 Å². The summed E-state index contributed by atoms with van der Waals surface area (Å²) in [6.45, 7) is 8.40. The van der Waals surface area contributed by atoms with Crippen molar-refractivity contribution in [1.29, 1.82) is 0 Å². The molecule has 0 aliphatic rings. The van der Waals surface area contributed by atoms with Gasteiger partial charge in [0.15, 0.2) is 0 Å². The number of benzene rings is 8. The molecule has 4 heteroatoms. The fraction of sp³-hybridized carbons (Fsp3) is 0.219. The van der Waals surface area contributed by atoms with Crippen molar-refractivity contribution in [3.05, 3.63) is 168 Å². The van der Waals surface area contributed by atoms with Crippen LogP contribution >= 0.6 is 0 Å². The van der Waals surface area contributed by atoms with E-state index in [2.05, 4.69) is 178 Å². The third-order valence-electron chi connectivity index (χ3n) is 12.4. The average molecular weight is 889 g/mol. The number of unbranched alkanes of at least 4 members (excludes halogenated alkanes) is 5. The highest BCUT2D eigenvalue weighted by Gasteiger charge is 2.19. The predicted octanol–water partition coefficient (Wildman–Crippen LogP) is 15.9. The van der Waals surface area contributed by atoms with Crippen molar-refractivity contribution < 1.29 is 18.9 Å². The molecule has 0 fully saturated rings. The minimum Gasteiger partial charge on any atom is -0.494 e. The maximum Gasteiger partial charge on any atom is 0.140 e. The number of rotatable bonds is 19. The van der Waals surface area contributed by atoms with E-state index in [1.54, 1.807) is 0 Å². The highest BCUT2D eigenvalue weighted by atomic mass is 16.5. The Labute approximate surface area is 402 Å². The molecule has 336 valence electrons. The molecule has 4 nitrogen and oxygen atoms in total. The zero-order valence-corrected chi connectivity index (χ0v) is 39.3. The van der Waals surface area contributed by atoms with Crippen LogP contribution in [0, 0.1) is 48.1 Å². The molecule has 0 aliphatic carbocycles. The molecule has 0 aliphatic heterocycles. The van der Waals surface area contributed by atoms with E-state index in [0.717, 1.165) is 102 Å². The molecule has 0 amide bonds. The van der Waals surface area contributed by atoms with Crippen molar-refractivity contribution in [1.82, 2.24) is 0 Å². The molecule has 0 saturated heterocycles.